The number of rotatable bonds is 2. The topological polar surface area (TPSA) is 76.5 Å². The number of hydrogen-bond donors (Lipinski definition) is 1. The number of nitrogens with one attached hydrogen (secondary N) is 1. The summed E-state index contributed by atoms with van der Waals surface area (Å²) in [5.74, 6) is -6.00. The molecule has 7 nitrogen and oxygen atoms in total. The SMILES string of the molecule is CC(C)(C)OC(=O)N1CCc2nn3c(c2C1)C(F)(F)CCC(CNC(=O)C(F)(F)F)C3. The van der Waals surface area contributed by atoms with Gasteiger partial charge in [0.2, 0.25) is 0 Å². The smallest absolute Gasteiger partial charge is 0.444 e. The maximum atomic E-state index is 15.0. The van der Waals surface area contributed by atoms with Gasteiger partial charge in [-0.15, -0.1) is 0 Å². The number of ether oxygens (including phenoxy) is 1. The Hall–Kier alpha value is -2.40. The third-order valence-electron chi connectivity index (χ3n) is 5.21. The van der Waals surface area contributed by atoms with Crippen LogP contribution in [0.2, 0.25) is 0 Å². The highest BCUT2D eigenvalue weighted by Crippen LogP contribution is 2.41. The molecule has 0 fully saturated rings. The van der Waals surface area contributed by atoms with Crippen LogP contribution in [0.5, 0.6) is 0 Å². The zero-order valence-corrected chi connectivity index (χ0v) is 17.5. The van der Waals surface area contributed by atoms with Crippen molar-refractivity contribution in [2.75, 3.05) is 13.1 Å². The largest absolute Gasteiger partial charge is 0.471 e. The van der Waals surface area contributed by atoms with Crippen LogP contribution >= 0.6 is 0 Å². The van der Waals surface area contributed by atoms with E-state index < -0.39 is 42.0 Å². The standard InChI is InChI=1S/C19H25F5N4O3/c1-17(2,3)31-16(30)27-7-5-13-12(10-27)14-18(20,21)6-4-11(9-28(14)26-13)8-25-15(29)19(22,23)24/h11H,4-10H2,1-3H3,(H,25,29). The normalized spacial score (nSPS) is 21.0. The molecule has 1 aromatic heterocycles. The molecule has 0 bridgehead atoms. The van der Waals surface area contributed by atoms with Gasteiger partial charge in [0.1, 0.15) is 11.3 Å². The summed E-state index contributed by atoms with van der Waals surface area (Å²) in [6.07, 6.45) is -6.05. The minimum Gasteiger partial charge on any atom is -0.444 e. The zero-order valence-electron chi connectivity index (χ0n) is 17.5. The maximum Gasteiger partial charge on any atom is 0.471 e. The Morgan fingerprint density at radius 2 is 1.94 bits per heavy atom. The molecule has 3 rings (SSSR count). The first kappa shape index (κ1) is 23.3. The summed E-state index contributed by atoms with van der Waals surface area (Å²) < 4.78 is 73.6. The third-order valence-corrected chi connectivity index (χ3v) is 5.21. The van der Waals surface area contributed by atoms with Gasteiger partial charge in [0.15, 0.2) is 0 Å². The quantitative estimate of drug-likeness (QED) is 0.699. The van der Waals surface area contributed by atoms with E-state index >= 15 is 0 Å². The highest BCUT2D eigenvalue weighted by atomic mass is 19.4. The van der Waals surface area contributed by atoms with E-state index in [2.05, 4.69) is 5.10 Å². The summed E-state index contributed by atoms with van der Waals surface area (Å²) in [6, 6.07) is 0. The number of carbonyl (C=O) groups is 2. The Morgan fingerprint density at radius 3 is 2.55 bits per heavy atom. The Labute approximate surface area is 175 Å². The Balaban J connectivity index is 1.80. The highest BCUT2D eigenvalue weighted by molar-refractivity contribution is 5.81. The monoisotopic (exact) mass is 452 g/mol. The average molecular weight is 452 g/mol. The van der Waals surface area contributed by atoms with Crippen molar-refractivity contribution in [3.8, 4) is 0 Å². The fraction of sp³-hybridized carbons (Fsp3) is 0.737. The number of alkyl halides is 5. The molecule has 1 unspecified atom stereocenters. The molecule has 0 spiro atoms. The van der Waals surface area contributed by atoms with Crippen molar-refractivity contribution in [1.82, 2.24) is 20.0 Å². The summed E-state index contributed by atoms with van der Waals surface area (Å²) in [5, 5.41) is 6.03. The Kier molecular flexibility index (Phi) is 5.96. The highest BCUT2D eigenvalue weighted by Gasteiger charge is 2.45. The molecule has 1 N–H and O–H groups in total. The third kappa shape index (κ3) is 5.27. The van der Waals surface area contributed by atoms with E-state index in [4.69, 9.17) is 4.74 Å². The Morgan fingerprint density at radius 1 is 1.26 bits per heavy atom. The fourth-order valence-corrected chi connectivity index (χ4v) is 3.79. The second-order valence-electron chi connectivity index (χ2n) is 8.92. The molecule has 3 heterocycles. The first-order chi connectivity index (χ1) is 14.2. The van der Waals surface area contributed by atoms with Crippen LogP contribution < -0.4 is 5.32 Å². The maximum absolute atomic E-state index is 15.0. The van der Waals surface area contributed by atoms with Crippen molar-refractivity contribution >= 4 is 12.0 Å². The molecular weight excluding hydrogens is 427 g/mol. The number of carbonyl (C=O) groups excluding carboxylic acids is 2. The van der Waals surface area contributed by atoms with Crippen molar-refractivity contribution in [3.63, 3.8) is 0 Å². The van der Waals surface area contributed by atoms with Crippen LogP contribution in [0.3, 0.4) is 0 Å². The summed E-state index contributed by atoms with van der Waals surface area (Å²) in [6.45, 7) is 4.86. The zero-order chi connectivity index (χ0) is 23.2. The number of fused-ring (bicyclic) bond motifs is 3. The van der Waals surface area contributed by atoms with Crippen LogP contribution in [0.15, 0.2) is 0 Å². The van der Waals surface area contributed by atoms with Gasteiger partial charge in [-0.05, 0) is 33.1 Å². The first-order valence-electron chi connectivity index (χ1n) is 9.97. The van der Waals surface area contributed by atoms with Crippen molar-refractivity contribution in [2.24, 2.45) is 5.92 Å². The number of hydrogen-bond acceptors (Lipinski definition) is 4. The van der Waals surface area contributed by atoms with E-state index in [-0.39, 0.29) is 50.3 Å². The molecule has 2 aliphatic rings. The van der Waals surface area contributed by atoms with E-state index in [1.807, 2.05) is 0 Å². The molecule has 0 saturated carbocycles. The molecule has 0 radical (unpaired) electrons. The number of nitrogens with zero attached hydrogens (tertiary/aromatic N) is 3. The molecule has 0 aromatic carbocycles. The van der Waals surface area contributed by atoms with Crippen LogP contribution in [-0.2, 0) is 35.0 Å². The molecule has 1 atom stereocenters. The minimum atomic E-state index is -5.03. The van der Waals surface area contributed by atoms with Crippen LogP contribution in [0, 0.1) is 5.92 Å². The van der Waals surface area contributed by atoms with Gasteiger partial charge in [0.25, 0.3) is 5.92 Å². The van der Waals surface area contributed by atoms with E-state index in [1.165, 1.54) is 4.90 Å². The van der Waals surface area contributed by atoms with Gasteiger partial charge in [-0.1, -0.05) is 0 Å². The number of amides is 2. The van der Waals surface area contributed by atoms with Gasteiger partial charge in [-0.3, -0.25) is 9.48 Å². The van der Waals surface area contributed by atoms with Crippen molar-refractivity contribution in [1.29, 1.82) is 0 Å². The molecule has 2 amide bonds. The lowest BCUT2D eigenvalue weighted by Crippen LogP contribution is -2.40. The lowest BCUT2D eigenvalue weighted by Gasteiger charge is -2.30. The van der Waals surface area contributed by atoms with Gasteiger partial charge >= 0.3 is 18.2 Å². The van der Waals surface area contributed by atoms with Gasteiger partial charge in [-0.25, -0.2) is 4.79 Å². The molecule has 0 saturated heterocycles. The fourth-order valence-electron chi connectivity index (χ4n) is 3.79. The summed E-state index contributed by atoms with van der Waals surface area (Å²) >= 11 is 0. The molecule has 1 aromatic rings. The van der Waals surface area contributed by atoms with Crippen molar-refractivity contribution in [2.45, 2.75) is 70.8 Å². The van der Waals surface area contributed by atoms with Gasteiger partial charge in [0, 0.05) is 38.0 Å². The summed E-state index contributed by atoms with van der Waals surface area (Å²) in [5.41, 5.74) is -0.359. The van der Waals surface area contributed by atoms with Crippen LogP contribution in [0.25, 0.3) is 0 Å². The van der Waals surface area contributed by atoms with Crippen LogP contribution in [0.1, 0.15) is 50.6 Å². The van der Waals surface area contributed by atoms with E-state index in [0.717, 1.165) is 4.68 Å². The first-order valence-corrected chi connectivity index (χ1v) is 9.97. The summed E-state index contributed by atoms with van der Waals surface area (Å²) in [4.78, 5) is 24.8. The second-order valence-corrected chi connectivity index (χ2v) is 8.92. The van der Waals surface area contributed by atoms with E-state index in [9.17, 15) is 31.5 Å². The molecule has 31 heavy (non-hydrogen) atoms. The van der Waals surface area contributed by atoms with Gasteiger partial charge in [-0.2, -0.15) is 27.1 Å². The predicted octanol–water partition coefficient (Wildman–Crippen LogP) is 3.36. The van der Waals surface area contributed by atoms with Gasteiger partial charge in [0.05, 0.1) is 12.2 Å². The van der Waals surface area contributed by atoms with E-state index in [1.54, 1.807) is 26.1 Å². The molecular formula is C19H25F5N4O3. The van der Waals surface area contributed by atoms with Gasteiger partial charge < -0.3 is 15.0 Å². The minimum absolute atomic E-state index is 0.0531. The second kappa shape index (κ2) is 7.94. The average Bonchev–Trinajstić information content (AvgIpc) is 2.93. The number of aromatic nitrogens is 2. The van der Waals surface area contributed by atoms with Crippen LogP contribution in [-0.4, -0.2) is 51.5 Å². The predicted molar refractivity (Wildman–Crippen MR) is 98.3 cm³/mol. The molecule has 0 aliphatic carbocycles. The lowest BCUT2D eigenvalue weighted by molar-refractivity contribution is -0.173. The molecule has 12 heteroatoms. The number of halogens is 5. The van der Waals surface area contributed by atoms with Crippen molar-refractivity contribution < 1.29 is 36.3 Å². The van der Waals surface area contributed by atoms with Crippen LogP contribution in [0.4, 0.5) is 26.7 Å². The molecule has 2 aliphatic heterocycles. The summed E-state index contributed by atoms with van der Waals surface area (Å²) in [7, 11) is 0. The van der Waals surface area contributed by atoms with Crippen molar-refractivity contribution in [3.05, 3.63) is 17.0 Å². The van der Waals surface area contributed by atoms with E-state index in [0.29, 0.717) is 5.69 Å². The lowest BCUT2D eigenvalue weighted by atomic mass is 9.98. The Bertz CT molecular complexity index is 860. The molecule has 174 valence electrons.